The summed E-state index contributed by atoms with van der Waals surface area (Å²) in [5.41, 5.74) is 0.641. The summed E-state index contributed by atoms with van der Waals surface area (Å²) in [5.74, 6) is 0.426. The van der Waals surface area contributed by atoms with Gasteiger partial charge in [-0.3, -0.25) is 9.71 Å². The van der Waals surface area contributed by atoms with Gasteiger partial charge in [-0.05, 0) is 31.4 Å². The number of fused-ring (bicyclic) bond motifs is 1. The predicted octanol–water partition coefficient (Wildman–Crippen LogP) is 1.31. The highest BCUT2D eigenvalue weighted by atomic mass is 32.2. The first-order valence-electron chi connectivity index (χ1n) is 7.53. The summed E-state index contributed by atoms with van der Waals surface area (Å²) in [6, 6.07) is 6.87. The summed E-state index contributed by atoms with van der Waals surface area (Å²) >= 11 is 0. The number of hydrogen-bond acceptors (Lipinski definition) is 5. The third-order valence-electron chi connectivity index (χ3n) is 3.71. The van der Waals surface area contributed by atoms with Crippen molar-refractivity contribution in [2.24, 2.45) is 4.99 Å². The molecule has 22 heavy (non-hydrogen) atoms. The molecule has 0 unspecified atom stereocenters. The second-order valence-electron chi connectivity index (χ2n) is 5.40. The van der Waals surface area contributed by atoms with Gasteiger partial charge in [0.1, 0.15) is 5.84 Å². The Morgan fingerprint density at radius 1 is 1.36 bits per heavy atom. The van der Waals surface area contributed by atoms with E-state index in [2.05, 4.69) is 9.71 Å². The molecule has 120 valence electrons. The minimum absolute atomic E-state index is 0.236. The molecule has 0 saturated carbocycles. The van der Waals surface area contributed by atoms with Crippen LogP contribution in [0.5, 0.6) is 0 Å². The SMILES string of the molecule is O=S1(=O)NC(=NCCCOC[C@H]2CCCO2)c2ccccc21. The van der Waals surface area contributed by atoms with Crippen LogP contribution in [0.4, 0.5) is 0 Å². The number of nitrogens with zero attached hydrogens (tertiary/aromatic N) is 1. The fraction of sp³-hybridized carbons (Fsp3) is 0.533. The molecular formula is C15H20N2O4S. The Labute approximate surface area is 130 Å². The van der Waals surface area contributed by atoms with Gasteiger partial charge in [0, 0.05) is 25.3 Å². The van der Waals surface area contributed by atoms with Gasteiger partial charge in [0.25, 0.3) is 10.0 Å². The van der Waals surface area contributed by atoms with Gasteiger partial charge in [-0.25, -0.2) is 8.42 Å². The average molecular weight is 324 g/mol. The first-order valence-corrected chi connectivity index (χ1v) is 9.01. The first-order chi connectivity index (χ1) is 10.7. The standard InChI is InChI=1S/C15H20N2O4S/c18-22(19)14-7-2-1-6-13(14)15(17-22)16-8-4-9-20-11-12-5-3-10-21-12/h1-2,6-7,12H,3-5,8-11H2,(H,16,17)/t12-/m1/s1. The zero-order valence-corrected chi connectivity index (χ0v) is 13.1. The Hall–Kier alpha value is -1.44. The van der Waals surface area contributed by atoms with Crippen LogP contribution in [0.25, 0.3) is 0 Å². The number of sulfonamides is 1. The smallest absolute Gasteiger partial charge is 0.263 e. The molecule has 6 nitrogen and oxygen atoms in total. The van der Waals surface area contributed by atoms with Crippen molar-refractivity contribution in [1.29, 1.82) is 0 Å². The van der Waals surface area contributed by atoms with Crippen LogP contribution in [0.3, 0.4) is 0 Å². The number of hydrogen-bond donors (Lipinski definition) is 1. The number of benzene rings is 1. The molecule has 2 aliphatic heterocycles. The Morgan fingerprint density at radius 2 is 2.23 bits per heavy atom. The normalized spacial score (nSPS) is 24.4. The van der Waals surface area contributed by atoms with E-state index in [4.69, 9.17) is 9.47 Å². The van der Waals surface area contributed by atoms with Crippen LogP contribution in [-0.2, 0) is 19.5 Å². The van der Waals surface area contributed by atoms with E-state index in [1.54, 1.807) is 18.2 Å². The van der Waals surface area contributed by atoms with Crippen molar-refractivity contribution in [2.75, 3.05) is 26.4 Å². The molecule has 0 aromatic heterocycles. The van der Waals surface area contributed by atoms with Crippen LogP contribution in [0.2, 0.25) is 0 Å². The third-order valence-corrected chi connectivity index (χ3v) is 5.10. The highest BCUT2D eigenvalue weighted by Crippen LogP contribution is 2.22. The molecule has 1 aromatic rings. The molecule has 1 fully saturated rings. The highest BCUT2D eigenvalue weighted by molar-refractivity contribution is 7.90. The molecule has 0 amide bonds. The van der Waals surface area contributed by atoms with Crippen LogP contribution in [-0.4, -0.2) is 46.7 Å². The average Bonchev–Trinajstić information content (AvgIpc) is 3.10. The molecule has 0 aliphatic carbocycles. The molecule has 7 heteroatoms. The summed E-state index contributed by atoms with van der Waals surface area (Å²) in [6.45, 7) is 2.59. The van der Waals surface area contributed by atoms with Crippen molar-refractivity contribution in [3.8, 4) is 0 Å². The topological polar surface area (TPSA) is 77.0 Å². The van der Waals surface area contributed by atoms with Crippen molar-refractivity contribution in [3.05, 3.63) is 29.8 Å². The van der Waals surface area contributed by atoms with Crippen LogP contribution in [0.1, 0.15) is 24.8 Å². The van der Waals surface area contributed by atoms with E-state index in [1.807, 2.05) is 6.07 Å². The van der Waals surface area contributed by atoms with Gasteiger partial charge in [0.2, 0.25) is 0 Å². The van der Waals surface area contributed by atoms with E-state index in [-0.39, 0.29) is 6.10 Å². The van der Waals surface area contributed by atoms with Crippen molar-refractivity contribution in [2.45, 2.75) is 30.3 Å². The van der Waals surface area contributed by atoms with Gasteiger partial charge in [-0.15, -0.1) is 0 Å². The lowest BCUT2D eigenvalue weighted by Gasteiger charge is -2.09. The Morgan fingerprint density at radius 3 is 3.05 bits per heavy atom. The summed E-state index contributed by atoms with van der Waals surface area (Å²) in [5, 5.41) is 0. The van der Waals surface area contributed by atoms with Crippen LogP contribution in [0.15, 0.2) is 34.2 Å². The van der Waals surface area contributed by atoms with Crippen LogP contribution >= 0.6 is 0 Å². The van der Waals surface area contributed by atoms with E-state index >= 15 is 0 Å². The lowest BCUT2D eigenvalue weighted by Crippen LogP contribution is -2.22. The molecular weight excluding hydrogens is 304 g/mol. The minimum Gasteiger partial charge on any atom is -0.379 e. The van der Waals surface area contributed by atoms with Gasteiger partial charge in [0.15, 0.2) is 0 Å². The number of nitrogens with one attached hydrogen (secondary N) is 1. The molecule has 2 aliphatic rings. The number of aliphatic imine (C=N–C) groups is 1. The Bertz CT molecular complexity index is 651. The summed E-state index contributed by atoms with van der Waals surface area (Å²) in [6.07, 6.45) is 3.17. The number of rotatable bonds is 6. The van der Waals surface area contributed by atoms with Crippen molar-refractivity contribution in [1.82, 2.24) is 4.72 Å². The maximum absolute atomic E-state index is 11.9. The van der Waals surface area contributed by atoms with Gasteiger partial charge >= 0.3 is 0 Å². The fourth-order valence-corrected chi connectivity index (χ4v) is 3.85. The van der Waals surface area contributed by atoms with E-state index in [9.17, 15) is 8.42 Å². The summed E-state index contributed by atoms with van der Waals surface area (Å²) in [4.78, 5) is 4.64. The van der Waals surface area contributed by atoms with E-state index in [0.29, 0.717) is 36.1 Å². The van der Waals surface area contributed by atoms with Gasteiger partial charge in [0.05, 0.1) is 17.6 Å². The minimum atomic E-state index is -3.44. The zero-order valence-electron chi connectivity index (χ0n) is 12.3. The van der Waals surface area contributed by atoms with Crippen LogP contribution < -0.4 is 4.72 Å². The maximum Gasteiger partial charge on any atom is 0.263 e. The quantitative estimate of drug-likeness (QED) is 0.801. The zero-order chi connectivity index (χ0) is 15.4. The number of amidine groups is 1. The van der Waals surface area contributed by atoms with E-state index in [0.717, 1.165) is 25.9 Å². The maximum atomic E-state index is 11.9. The monoisotopic (exact) mass is 324 g/mol. The molecule has 2 heterocycles. The summed E-state index contributed by atoms with van der Waals surface area (Å²) in [7, 11) is -3.44. The molecule has 1 aromatic carbocycles. The lowest BCUT2D eigenvalue weighted by atomic mass is 10.2. The van der Waals surface area contributed by atoms with Crippen LogP contribution in [0, 0.1) is 0 Å². The van der Waals surface area contributed by atoms with Crippen molar-refractivity contribution >= 4 is 15.9 Å². The van der Waals surface area contributed by atoms with E-state index < -0.39 is 10.0 Å². The molecule has 0 bridgehead atoms. The molecule has 3 rings (SSSR count). The number of ether oxygens (including phenoxy) is 2. The second kappa shape index (κ2) is 6.76. The first kappa shape index (κ1) is 15.5. The fourth-order valence-electron chi connectivity index (χ4n) is 2.60. The second-order valence-corrected chi connectivity index (χ2v) is 7.05. The lowest BCUT2D eigenvalue weighted by molar-refractivity contribution is 0.0171. The Kier molecular flexibility index (Phi) is 4.75. The predicted molar refractivity (Wildman–Crippen MR) is 82.6 cm³/mol. The third kappa shape index (κ3) is 3.48. The molecule has 1 N–H and O–H groups in total. The molecule has 1 saturated heterocycles. The highest BCUT2D eigenvalue weighted by Gasteiger charge is 2.29. The summed E-state index contributed by atoms with van der Waals surface area (Å²) < 4.78 is 37.4. The van der Waals surface area contributed by atoms with Crippen molar-refractivity contribution in [3.63, 3.8) is 0 Å². The molecule has 1 atom stereocenters. The largest absolute Gasteiger partial charge is 0.379 e. The Balaban J connectivity index is 1.47. The van der Waals surface area contributed by atoms with Crippen molar-refractivity contribution < 1.29 is 17.9 Å². The van der Waals surface area contributed by atoms with Gasteiger partial charge in [-0.1, -0.05) is 12.1 Å². The molecule has 0 radical (unpaired) electrons. The van der Waals surface area contributed by atoms with Gasteiger partial charge < -0.3 is 9.47 Å². The van der Waals surface area contributed by atoms with Gasteiger partial charge in [-0.2, -0.15) is 0 Å². The van der Waals surface area contributed by atoms with E-state index in [1.165, 1.54) is 0 Å². The molecule has 0 spiro atoms.